The number of halogens is 1. The van der Waals surface area contributed by atoms with E-state index in [0.29, 0.717) is 31.4 Å². The fraction of sp³-hybridized carbons (Fsp3) is 0.533. The van der Waals surface area contributed by atoms with E-state index in [-0.39, 0.29) is 17.3 Å². The Labute approximate surface area is 123 Å². The molecular weight excluding hydrogens is 295 g/mol. The number of sulfone groups is 1. The summed E-state index contributed by atoms with van der Waals surface area (Å²) in [5, 5.41) is -0.804. The second-order valence-electron chi connectivity index (χ2n) is 5.82. The first-order valence-electron chi connectivity index (χ1n) is 7.03. The average molecular weight is 312 g/mol. The largest absolute Gasteiger partial charge is 0.497 e. The topological polar surface area (TPSA) is 60.4 Å². The van der Waals surface area contributed by atoms with Crippen LogP contribution in [0.5, 0.6) is 5.75 Å². The van der Waals surface area contributed by atoms with E-state index in [9.17, 15) is 17.6 Å². The van der Waals surface area contributed by atoms with Crippen molar-refractivity contribution < 1.29 is 22.3 Å². The number of methoxy groups -OCH3 is 1. The number of Topliss-reactive ketones (excluding diaryl/α,β-unsaturated/α-hetero) is 1. The summed E-state index contributed by atoms with van der Waals surface area (Å²) in [7, 11) is -1.64. The number of hydrogen-bond donors (Lipinski definition) is 0. The Morgan fingerprint density at radius 1 is 1.19 bits per heavy atom. The summed E-state index contributed by atoms with van der Waals surface area (Å²) in [6.45, 7) is 0. The van der Waals surface area contributed by atoms with Gasteiger partial charge < -0.3 is 4.74 Å². The third-order valence-corrected chi connectivity index (χ3v) is 7.31. The van der Waals surface area contributed by atoms with Gasteiger partial charge in [0.25, 0.3) is 0 Å². The van der Waals surface area contributed by atoms with Gasteiger partial charge in [0.1, 0.15) is 11.6 Å². The minimum atomic E-state index is -3.05. The van der Waals surface area contributed by atoms with Crippen molar-refractivity contribution in [3.63, 3.8) is 0 Å². The lowest BCUT2D eigenvalue weighted by Gasteiger charge is -2.27. The van der Waals surface area contributed by atoms with Crippen LogP contribution in [0.3, 0.4) is 0 Å². The summed E-state index contributed by atoms with van der Waals surface area (Å²) in [5.41, 5.74) is 0.260. The van der Waals surface area contributed by atoms with E-state index in [4.69, 9.17) is 4.74 Å². The number of carbonyl (C=O) groups excluding carboxylic acids is 1. The standard InChI is InChI=1S/C15H17FO4S/c1-20-12-5-9(4-11(16)8-12)15(17)10-6-13-2-3-14(7-10)21(13,18)19/h4-5,8,10,13-14H,2-3,6-7H2,1H3. The molecule has 114 valence electrons. The highest BCUT2D eigenvalue weighted by Crippen LogP contribution is 2.42. The van der Waals surface area contributed by atoms with Gasteiger partial charge in [-0.05, 0) is 37.8 Å². The van der Waals surface area contributed by atoms with Crippen LogP contribution in [0.15, 0.2) is 18.2 Å². The first kappa shape index (κ1) is 14.5. The average Bonchev–Trinajstić information content (AvgIpc) is 2.65. The molecule has 2 saturated heterocycles. The van der Waals surface area contributed by atoms with Crippen LogP contribution in [0, 0.1) is 11.7 Å². The quantitative estimate of drug-likeness (QED) is 0.804. The normalized spacial score (nSPS) is 30.1. The van der Waals surface area contributed by atoms with Gasteiger partial charge in [-0.1, -0.05) is 0 Å². The smallest absolute Gasteiger partial charge is 0.166 e. The minimum Gasteiger partial charge on any atom is -0.497 e. The monoisotopic (exact) mass is 312 g/mol. The molecule has 2 heterocycles. The molecule has 0 amide bonds. The van der Waals surface area contributed by atoms with Gasteiger partial charge in [-0.25, -0.2) is 12.8 Å². The molecule has 0 aliphatic carbocycles. The SMILES string of the molecule is COc1cc(F)cc(C(=O)C2CC3CCC(C2)S3(=O)=O)c1. The van der Waals surface area contributed by atoms with E-state index in [2.05, 4.69) is 0 Å². The molecule has 1 aromatic carbocycles. The second kappa shape index (κ2) is 5.09. The molecule has 2 aliphatic heterocycles. The highest BCUT2D eigenvalue weighted by molar-refractivity contribution is 7.93. The predicted octanol–water partition coefficient (Wildman–Crippen LogP) is 2.37. The first-order valence-corrected chi connectivity index (χ1v) is 8.64. The Kier molecular flexibility index (Phi) is 3.51. The van der Waals surface area contributed by atoms with Crippen molar-refractivity contribution in [3.05, 3.63) is 29.6 Å². The number of benzene rings is 1. The molecule has 0 radical (unpaired) electrons. The van der Waals surface area contributed by atoms with Crippen molar-refractivity contribution in [2.75, 3.05) is 7.11 Å². The van der Waals surface area contributed by atoms with Gasteiger partial charge in [-0.2, -0.15) is 0 Å². The number of ether oxygens (including phenoxy) is 1. The van der Waals surface area contributed by atoms with E-state index in [1.54, 1.807) is 0 Å². The van der Waals surface area contributed by atoms with Gasteiger partial charge in [0.05, 0.1) is 17.6 Å². The lowest BCUT2D eigenvalue weighted by atomic mass is 9.90. The van der Waals surface area contributed by atoms with Crippen LogP contribution >= 0.6 is 0 Å². The van der Waals surface area contributed by atoms with Gasteiger partial charge in [-0.3, -0.25) is 4.79 Å². The van der Waals surface area contributed by atoms with Gasteiger partial charge in [0.2, 0.25) is 0 Å². The van der Waals surface area contributed by atoms with Crippen molar-refractivity contribution in [3.8, 4) is 5.75 Å². The Morgan fingerprint density at radius 3 is 2.38 bits per heavy atom. The van der Waals surface area contributed by atoms with Crippen molar-refractivity contribution in [2.24, 2.45) is 5.92 Å². The molecule has 21 heavy (non-hydrogen) atoms. The van der Waals surface area contributed by atoms with E-state index >= 15 is 0 Å². The third-order valence-electron chi connectivity index (χ3n) is 4.60. The van der Waals surface area contributed by atoms with Crippen LogP contribution in [0.4, 0.5) is 4.39 Å². The number of hydrogen-bond acceptors (Lipinski definition) is 4. The van der Waals surface area contributed by atoms with Crippen LogP contribution < -0.4 is 4.74 Å². The number of carbonyl (C=O) groups is 1. The third kappa shape index (κ3) is 2.46. The van der Waals surface area contributed by atoms with Crippen LogP contribution in [0.2, 0.25) is 0 Å². The van der Waals surface area contributed by atoms with Crippen LogP contribution in [-0.4, -0.2) is 31.8 Å². The van der Waals surface area contributed by atoms with Gasteiger partial charge in [0, 0.05) is 17.5 Å². The lowest BCUT2D eigenvalue weighted by molar-refractivity contribution is 0.0904. The van der Waals surface area contributed by atoms with Gasteiger partial charge in [0.15, 0.2) is 15.6 Å². The van der Waals surface area contributed by atoms with Crippen molar-refractivity contribution >= 4 is 15.6 Å². The molecular formula is C15H17FO4S. The summed E-state index contributed by atoms with van der Waals surface area (Å²) >= 11 is 0. The fourth-order valence-corrected chi connectivity index (χ4v) is 5.95. The van der Waals surface area contributed by atoms with Gasteiger partial charge in [-0.15, -0.1) is 0 Å². The van der Waals surface area contributed by atoms with Crippen LogP contribution in [0.1, 0.15) is 36.0 Å². The first-order chi connectivity index (χ1) is 9.91. The number of ketones is 1. The molecule has 0 N–H and O–H groups in total. The number of fused-ring (bicyclic) bond motifs is 2. The van der Waals surface area contributed by atoms with Crippen molar-refractivity contribution in [2.45, 2.75) is 36.2 Å². The Balaban J connectivity index is 1.86. The number of rotatable bonds is 3. The Morgan fingerprint density at radius 2 is 1.81 bits per heavy atom. The molecule has 6 heteroatoms. The molecule has 4 nitrogen and oxygen atoms in total. The van der Waals surface area contributed by atoms with E-state index in [0.717, 1.165) is 0 Å². The summed E-state index contributed by atoms with van der Waals surface area (Å²) < 4.78 is 42.6. The molecule has 0 saturated carbocycles. The van der Waals surface area contributed by atoms with E-state index < -0.39 is 26.2 Å². The molecule has 1 aromatic rings. The Hall–Kier alpha value is -1.43. The van der Waals surface area contributed by atoms with Crippen molar-refractivity contribution in [1.82, 2.24) is 0 Å². The molecule has 3 rings (SSSR count). The zero-order chi connectivity index (χ0) is 15.2. The summed E-state index contributed by atoms with van der Waals surface area (Å²) in [4.78, 5) is 12.5. The van der Waals surface area contributed by atoms with Crippen molar-refractivity contribution in [1.29, 1.82) is 0 Å². The highest BCUT2D eigenvalue weighted by Gasteiger charge is 2.48. The molecule has 2 unspecified atom stereocenters. The second-order valence-corrected chi connectivity index (χ2v) is 8.33. The molecule has 2 aliphatic rings. The van der Waals surface area contributed by atoms with Crippen LogP contribution in [0.25, 0.3) is 0 Å². The maximum Gasteiger partial charge on any atom is 0.166 e. The lowest BCUT2D eigenvalue weighted by Crippen LogP contribution is -2.36. The summed E-state index contributed by atoms with van der Waals surface area (Å²) in [5.74, 6) is -0.744. The summed E-state index contributed by atoms with van der Waals surface area (Å²) in [6.07, 6.45) is 2.00. The maximum absolute atomic E-state index is 13.5. The molecule has 0 spiro atoms. The van der Waals surface area contributed by atoms with E-state index in [1.165, 1.54) is 25.3 Å². The molecule has 2 bridgehead atoms. The fourth-order valence-electron chi connectivity index (χ4n) is 3.48. The minimum absolute atomic E-state index is 0.181. The zero-order valence-corrected chi connectivity index (χ0v) is 12.5. The van der Waals surface area contributed by atoms with Crippen LogP contribution in [-0.2, 0) is 9.84 Å². The molecule has 0 aromatic heterocycles. The van der Waals surface area contributed by atoms with E-state index in [1.807, 2.05) is 0 Å². The molecule has 2 atom stereocenters. The summed E-state index contributed by atoms with van der Waals surface area (Å²) in [6, 6.07) is 3.91. The predicted molar refractivity (Wildman–Crippen MR) is 75.7 cm³/mol. The highest BCUT2D eigenvalue weighted by atomic mass is 32.2. The Bertz CT molecular complexity index is 663. The van der Waals surface area contributed by atoms with Gasteiger partial charge >= 0.3 is 0 Å². The zero-order valence-electron chi connectivity index (χ0n) is 11.7. The maximum atomic E-state index is 13.5. The molecule has 2 fully saturated rings.